The number of amides is 2. The van der Waals surface area contributed by atoms with Crippen molar-refractivity contribution < 1.29 is 14.3 Å². The molecule has 3 rings (SSSR count). The van der Waals surface area contributed by atoms with Gasteiger partial charge in [0.25, 0.3) is 0 Å². The highest BCUT2D eigenvalue weighted by atomic mass is 16.5. The van der Waals surface area contributed by atoms with Crippen LogP contribution in [-0.4, -0.2) is 53.9 Å². The van der Waals surface area contributed by atoms with E-state index in [1.54, 1.807) is 0 Å². The van der Waals surface area contributed by atoms with Crippen LogP contribution in [0.25, 0.3) is 0 Å². The quantitative estimate of drug-likeness (QED) is 0.797. The maximum Gasteiger partial charge on any atom is 0.225 e. The molecule has 2 aliphatic heterocycles. The Labute approximate surface area is 149 Å². The number of para-hydroxylation sites is 1. The molecule has 5 nitrogen and oxygen atoms in total. The number of carbonyl (C=O) groups excluding carboxylic acids is 2. The van der Waals surface area contributed by atoms with Crippen molar-refractivity contribution in [1.82, 2.24) is 9.80 Å². The van der Waals surface area contributed by atoms with Gasteiger partial charge in [0.1, 0.15) is 5.75 Å². The van der Waals surface area contributed by atoms with Crippen LogP contribution in [0.3, 0.4) is 0 Å². The molecule has 0 spiro atoms. The van der Waals surface area contributed by atoms with Crippen LogP contribution in [0, 0.1) is 5.92 Å². The molecule has 2 atom stereocenters. The van der Waals surface area contributed by atoms with Crippen LogP contribution in [0.5, 0.6) is 5.75 Å². The van der Waals surface area contributed by atoms with Crippen molar-refractivity contribution in [2.45, 2.75) is 45.1 Å². The van der Waals surface area contributed by atoms with Gasteiger partial charge >= 0.3 is 0 Å². The van der Waals surface area contributed by atoms with Gasteiger partial charge in [-0.3, -0.25) is 9.59 Å². The highest BCUT2D eigenvalue weighted by Crippen LogP contribution is 2.23. The van der Waals surface area contributed by atoms with E-state index >= 15 is 0 Å². The Bertz CT molecular complexity index is 590. The van der Waals surface area contributed by atoms with Crippen molar-refractivity contribution in [2.75, 3.05) is 26.2 Å². The Morgan fingerprint density at radius 3 is 2.76 bits per heavy atom. The second-order valence-corrected chi connectivity index (χ2v) is 7.12. The van der Waals surface area contributed by atoms with Gasteiger partial charge < -0.3 is 14.5 Å². The van der Waals surface area contributed by atoms with Crippen LogP contribution in [0.2, 0.25) is 0 Å². The van der Waals surface area contributed by atoms with E-state index in [9.17, 15) is 9.59 Å². The van der Waals surface area contributed by atoms with Crippen LogP contribution in [0.1, 0.15) is 39.0 Å². The molecule has 136 valence electrons. The smallest absolute Gasteiger partial charge is 0.225 e. The molecule has 1 aromatic rings. The Hall–Kier alpha value is -2.04. The fourth-order valence-electron chi connectivity index (χ4n) is 3.77. The largest absolute Gasteiger partial charge is 0.494 e. The standard InChI is InChI=1S/C20H28N2O3/c1-16(11-14-25-18-8-3-2-4-9-18)20(24)21-12-5-7-17(15-21)22-13-6-10-19(22)23/h2-4,8-9,16-17H,5-7,10-15H2,1H3/t16-,17-/m1/s1. The van der Waals surface area contributed by atoms with Crippen LogP contribution in [0.4, 0.5) is 0 Å². The highest BCUT2D eigenvalue weighted by molar-refractivity contribution is 5.80. The molecule has 0 unspecified atom stereocenters. The summed E-state index contributed by atoms with van der Waals surface area (Å²) in [6.07, 6.45) is 4.32. The summed E-state index contributed by atoms with van der Waals surface area (Å²) in [5.41, 5.74) is 0. The minimum Gasteiger partial charge on any atom is -0.494 e. The number of ether oxygens (including phenoxy) is 1. The lowest BCUT2D eigenvalue weighted by Crippen LogP contribution is -2.51. The van der Waals surface area contributed by atoms with Gasteiger partial charge in [-0.1, -0.05) is 25.1 Å². The molecule has 1 aromatic carbocycles. The van der Waals surface area contributed by atoms with Crippen molar-refractivity contribution in [2.24, 2.45) is 5.92 Å². The molecule has 5 heteroatoms. The normalized spacial score (nSPS) is 22.1. The molecule has 2 saturated heterocycles. The minimum absolute atomic E-state index is 0.0586. The van der Waals surface area contributed by atoms with E-state index in [1.807, 2.05) is 47.1 Å². The monoisotopic (exact) mass is 344 g/mol. The molecule has 2 heterocycles. The second-order valence-electron chi connectivity index (χ2n) is 7.12. The van der Waals surface area contributed by atoms with Gasteiger partial charge in [0.2, 0.25) is 11.8 Å². The molecule has 0 saturated carbocycles. The maximum absolute atomic E-state index is 12.7. The molecule has 0 aliphatic carbocycles. The van der Waals surface area contributed by atoms with Gasteiger partial charge in [0.05, 0.1) is 6.61 Å². The lowest BCUT2D eigenvalue weighted by Gasteiger charge is -2.38. The van der Waals surface area contributed by atoms with Gasteiger partial charge in [0, 0.05) is 38.0 Å². The molecular weight excluding hydrogens is 316 g/mol. The second kappa shape index (κ2) is 8.37. The zero-order chi connectivity index (χ0) is 17.6. The molecular formula is C20H28N2O3. The van der Waals surface area contributed by atoms with Crippen LogP contribution in [-0.2, 0) is 9.59 Å². The fraction of sp³-hybridized carbons (Fsp3) is 0.600. The summed E-state index contributed by atoms with van der Waals surface area (Å²) >= 11 is 0. The number of hydrogen-bond acceptors (Lipinski definition) is 3. The zero-order valence-corrected chi connectivity index (χ0v) is 15.0. The third kappa shape index (κ3) is 4.53. The van der Waals surface area contributed by atoms with Crippen LogP contribution >= 0.6 is 0 Å². The number of piperidine rings is 1. The topological polar surface area (TPSA) is 49.9 Å². The predicted octanol–water partition coefficient (Wildman–Crippen LogP) is 2.71. The van der Waals surface area contributed by atoms with Crippen LogP contribution in [0.15, 0.2) is 30.3 Å². The van der Waals surface area contributed by atoms with E-state index in [4.69, 9.17) is 4.74 Å². The average Bonchev–Trinajstić information content (AvgIpc) is 3.08. The fourth-order valence-corrected chi connectivity index (χ4v) is 3.77. The van der Waals surface area contributed by atoms with E-state index in [0.29, 0.717) is 26.0 Å². The molecule has 0 N–H and O–H groups in total. The van der Waals surface area contributed by atoms with E-state index in [-0.39, 0.29) is 23.8 Å². The molecule has 0 radical (unpaired) electrons. The molecule has 2 amide bonds. The Balaban J connectivity index is 1.47. The molecule has 2 fully saturated rings. The summed E-state index contributed by atoms with van der Waals surface area (Å²) in [6.45, 7) is 4.86. The SMILES string of the molecule is C[C@H](CCOc1ccccc1)C(=O)N1CCC[C@@H](N2CCCC2=O)C1. The zero-order valence-electron chi connectivity index (χ0n) is 15.0. The molecule has 25 heavy (non-hydrogen) atoms. The van der Waals surface area contributed by atoms with Gasteiger partial charge in [-0.05, 0) is 37.8 Å². The predicted molar refractivity (Wildman–Crippen MR) is 96.3 cm³/mol. The first-order valence-electron chi connectivity index (χ1n) is 9.41. The van der Waals surface area contributed by atoms with Crippen molar-refractivity contribution in [3.05, 3.63) is 30.3 Å². The van der Waals surface area contributed by atoms with Gasteiger partial charge in [-0.25, -0.2) is 0 Å². The van der Waals surface area contributed by atoms with Crippen molar-refractivity contribution in [1.29, 1.82) is 0 Å². The number of nitrogens with zero attached hydrogens (tertiary/aromatic N) is 2. The third-order valence-corrected chi connectivity index (χ3v) is 5.24. The number of rotatable bonds is 6. The maximum atomic E-state index is 12.7. The lowest BCUT2D eigenvalue weighted by molar-refractivity contribution is -0.140. The first-order chi connectivity index (χ1) is 12.1. The van der Waals surface area contributed by atoms with Gasteiger partial charge in [-0.2, -0.15) is 0 Å². The lowest BCUT2D eigenvalue weighted by atomic mass is 10.0. The first-order valence-corrected chi connectivity index (χ1v) is 9.41. The molecule has 0 bridgehead atoms. The van der Waals surface area contributed by atoms with E-state index < -0.39 is 0 Å². The summed E-state index contributed by atoms with van der Waals surface area (Å²) in [5, 5.41) is 0. The van der Waals surface area contributed by atoms with E-state index in [2.05, 4.69) is 0 Å². The van der Waals surface area contributed by atoms with Crippen LogP contribution < -0.4 is 4.74 Å². The Morgan fingerprint density at radius 1 is 1.24 bits per heavy atom. The van der Waals surface area contributed by atoms with Gasteiger partial charge in [0.15, 0.2) is 0 Å². The Kier molecular flexibility index (Phi) is 5.95. The first kappa shape index (κ1) is 17.8. The summed E-state index contributed by atoms with van der Waals surface area (Å²) in [4.78, 5) is 28.7. The average molecular weight is 344 g/mol. The van der Waals surface area contributed by atoms with Crippen molar-refractivity contribution in [3.8, 4) is 5.75 Å². The minimum atomic E-state index is -0.0586. The summed E-state index contributed by atoms with van der Waals surface area (Å²) in [6, 6.07) is 9.90. The van der Waals surface area contributed by atoms with E-state index in [1.165, 1.54) is 0 Å². The summed E-state index contributed by atoms with van der Waals surface area (Å²) in [7, 11) is 0. The molecule has 2 aliphatic rings. The number of hydrogen-bond donors (Lipinski definition) is 0. The third-order valence-electron chi connectivity index (χ3n) is 5.24. The number of benzene rings is 1. The Morgan fingerprint density at radius 2 is 2.04 bits per heavy atom. The highest BCUT2D eigenvalue weighted by Gasteiger charge is 2.33. The van der Waals surface area contributed by atoms with Crippen molar-refractivity contribution >= 4 is 11.8 Å². The number of carbonyl (C=O) groups is 2. The van der Waals surface area contributed by atoms with E-state index in [0.717, 1.165) is 38.1 Å². The number of likely N-dealkylation sites (tertiary alicyclic amines) is 2. The molecule has 0 aromatic heterocycles. The van der Waals surface area contributed by atoms with Crippen molar-refractivity contribution in [3.63, 3.8) is 0 Å². The van der Waals surface area contributed by atoms with Gasteiger partial charge in [-0.15, -0.1) is 0 Å². The summed E-state index contributed by atoms with van der Waals surface area (Å²) in [5.74, 6) is 1.22. The summed E-state index contributed by atoms with van der Waals surface area (Å²) < 4.78 is 5.71.